The molecule has 0 fully saturated rings. The van der Waals surface area contributed by atoms with Gasteiger partial charge in [0.15, 0.2) is 0 Å². The molecule has 0 rings (SSSR count). The van der Waals surface area contributed by atoms with E-state index in [9.17, 15) is 13.2 Å². The third-order valence-electron chi connectivity index (χ3n) is 1.46. The number of nitrogens with one attached hydrogen (secondary N) is 1. The van der Waals surface area contributed by atoms with Crippen molar-refractivity contribution in [2.75, 3.05) is 13.1 Å². The highest BCUT2D eigenvalue weighted by molar-refractivity contribution is 4.56. The van der Waals surface area contributed by atoms with E-state index in [1.54, 1.807) is 0 Å². The van der Waals surface area contributed by atoms with E-state index in [1.807, 2.05) is 0 Å². The van der Waals surface area contributed by atoms with Crippen LogP contribution in [0.3, 0.4) is 0 Å². The molecule has 0 aliphatic carbocycles. The Bertz CT molecular complexity index is 109. The van der Waals surface area contributed by atoms with Gasteiger partial charge in [0.05, 0.1) is 6.54 Å². The first kappa shape index (κ1) is 11.8. The van der Waals surface area contributed by atoms with Crippen LogP contribution >= 0.6 is 0 Å². The Kier molecular flexibility index (Phi) is 5.29. The summed E-state index contributed by atoms with van der Waals surface area (Å²) in [6.45, 7) is 3.70. The third-order valence-corrected chi connectivity index (χ3v) is 1.46. The minimum atomic E-state index is -4.07. The van der Waals surface area contributed by atoms with E-state index in [2.05, 4.69) is 19.2 Å². The Morgan fingerprint density at radius 1 is 1.25 bits per heavy atom. The van der Waals surface area contributed by atoms with Crippen LogP contribution in [0.4, 0.5) is 13.2 Å². The minimum absolute atomic E-state index is 0.456. The zero-order valence-electron chi connectivity index (χ0n) is 7.54. The van der Waals surface area contributed by atoms with Crippen LogP contribution in [0.25, 0.3) is 0 Å². The molecular weight excluding hydrogens is 167 g/mol. The molecule has 4 heteroatoms. The quantitative estimate of drug-likeness (QED) is 0.646. The fourth-order valence-electron chi connectivity index (χ4n) is 0.865. The molecule has 0 aliphatic heterocycles. The summed E-state index contributed by atoms with van der Waals surface area (Å²) < 4.78 is 34.7. The maximum absolute atomic E-state index is 11.6. The van der Waals surface area contributed by atoms with Gasteiger partial charge in [-0.05, 0) is 25.3 Å². The highest BCUT2D eigenvalue weighted by atomic mass is 19.4. The molecule has 12 heavy (non-hydrogen) atoms. The zero-order chi connectivity index (χ0) is 9.61. The smallest absolute Gasteiger partial charge is 0.309 e. The lowest BCUT2D eigenvalue weighted by atomic mass is 10.1. The Labute approximate surface area is 71.3 Å². The zero-order valence-corrected chi connectivity index (χ0v) is 7.54. The van der Waals surface area contributed by atoms with Gasteiger partial charge in [-0.1, -0.05) is 13.8 Å². The van der Waals surface area contributed by atoms with Crippen LogP contribution in [-0.2, 0) is 0 Å². The van der Waals surface area contributed by atoms with Gasteiger partial charge in [-0.2, -0.15) is 13.2 Å². The number of halogens is 3. The summed E-state index contributed by atoms with van der Waals surface area (Å²) in [4.78, 5) is 0. The predicted octanol–water partition coefficient (Wildman–Crippen LogP) is 2.57. The Balaban J connectivity index is 3.12. The summed E-state index contributed by atoms with van der Waals surface area (Å²) in [5, 5.41) is 2.36. The van der Waals surface area contributed by atoms with Crippen LogP contribution in [0, 0.1) is 5.92 Å². The van der Waals surface area contributed by atoms with Crippen molar-refractivity contribution in [3.63, 3.8) is 0 Å². The molecule has 0 spiro atoms. The van der Waals surface area contributed by atoms with Crippen molar-refractivity contribution in [1.29, 1.82) is 0 Å². The van der Waals surface area contributed by atoms with Gasteiger partial charge in [-0.3, -0.25) is 0 Å². The summed E-state index contributed by atoms with van der Waals surface area (Å²) >= 11 is 0. The summed E-state index contributed by atoms with van der Waals surface area (Å²) in [5.74, 6) is 0.567. The largest absolute Gasteiger partial charge is 0.401 e. The van der Waals surface area contributed by atoms with E-state index >= 15 is 0 Å². The average Bonchev–Trinajstić information content (AvgIpc) is 1.83. The topological polar surface area (TPSA) is 12.0 Å². The molecule has 0 bridgehead atoms. The van der Waals surface area contributed by atoms with Crippen molar-refractivity contribution in [3.8, 4) is 0 Å². The van der Waals surface area contributed by atoms with Crippen LogP contribution in [0.1, 0.15) is 26.7 Å². The fraction of sp³-hybridized carbons (Fsp3) is 1.00. The molecule has 0 amide bonds. The summed E-state index contributed by atoms with van der Waals surface area (Å²) in [7, 11) is 0. The second kappa shape index (κ2) is 5.41. The van der Waals surface area contributed by atoms with E-state index in [1.165, 1.54) is 0 Å². The first-order valence-electron chi connectivity index (χ1n) is 4.19. The summed E-state index contributed by atoms with van der Waals surface area (Å²) in [6, 6.07) is 0. The molecule has 0 saturated carbocycles. The van der Waals surface area contributed by atoms with Gasteiger partial charge in [-0.25, -0.2) is 0 Å². The van der Waals surface area contributed by atoms with Crippen LogP contribution in [-0.4, -0.2) is 19.3 Å². The lowest BCUT2D eigenvalue weighted by molar-refractivity contribution is -0.124. The van der Waals surface area contributed by atoms with Gasteiger partial charge in [-0.15, -0.1) is 0 Å². The van der Waals surface area contributed by atoms with Crippen LogP contribution in [0.2, 0.25) is 0 Å². The lowest BCUT2D eigenvalue weighted by Gasteiger charge is -2.08. The van der Waals surface area contributed by atoms with E-state index in [0.29, 0.717) is 12.5 Å². The van der Waals surface area contributed by atoms with Crippen LogP contribution in [0.5, 0.6) is 0 Å². The Morgan fingerprint density at radius 2 is 1.83 bits per heavy atom. The van der Waals surface area contributed by atoms with Crippen molar-refractivity contribution in [2.45, 2.75) is 32.9 Å². The SMILES string of the molecule is CC(C)CCCNCC(F)(F)F. The average molecular weight is 183 g/mol. The molecule has 1 nitrogen and oxygen atoms in total. The Hall–Kier alpha value is -0.250. The lowest BCUT2D eigenvalue weighted by Crippen LogP contribution is -2.29. The van der Waals surface area contributed by atoms with Crippen molar-refractivity contribution < 1.29 is 13.2 Å². The van der Waals surface area contributed by atoms with Crippen molar-refractivity contribution in [3.05, 3.63) is 0 Å². The van der Waals surface area contributed by atoms with Crippen molar-refractivity contribution in [1.82, 2.24) is 5.32 Å². The highest BCUT2D eigenvalue weighted by Gasteiger charge is 2.25. The van der Waals surface area contributed by atoms with Gasteiger partial charge >= 0.3 is 6.18 Å². The highest BCUT2D eigenvalue weighted by Crippen LogP contribution is 2.12. The first-order chi connectivity index (χ1) is 5.42. The molecule has 0 saturated heterocycles. The minimum Gasteiger partial charge on any atom is -0.309 e. The third kappa shape index (κ3) is 9.75. The predicted molar refractivity (Wildman–Crippen MR) is 43.0 cm³/mol. The van der Waals surface area contributed by atoms with Gasteiger partial charge in [0, 0.05) is 0 Å². The van der Waals surface area contributed by atoms with Gasteiger partial charge in [0.2, 0.25) is 0 Å². The molecule has 74 valence electrons. The summed E-state index contributed by atoms with van der Waals surface area (Å²) in [5.41, 5.74) is 0. The Morgan fingerprint density at radius 3 is 2.25 bits per heavy atom. The maximum Gasteiger partial charge on any atom is 0.401 e. The summed E-state index contributed by atoms with van der Waals surface area (Å²) in [6.07, 6.45) is -2.28. The van der Waals surface area contributed by atoms with E-state index < -0.39 is 12.7 Å². The normalized spacial score (nSPS) is 12.5. The van der Waals surface area contributed by atoms with Crippen molar-refractivity contribution in [2.24, 2.45) is 5.92 Å². The molecule has 0 aromatic heterocycles. The molecule has 0 aromatic carbocycles. The van der Waals surface area contributed by atoms with E-state index in [0.717, 1.165) is 12.8 Å². The van der Waals surface area contributed by atoms with Crippen molar-refractivity contribution >= 4 is 0 Å². The van der Waals surface area contributed by atoms with Crippen LogP contribution < -0.4 is 5.32 Å². The molecule has 0 aliphatic rings. The molecule has 1 N–H and O–H groups in total. The standard InChI is InChI=1S/C8H16F3N/c1-7(2)4-3-5-12-6-8(9,10)11/h7,12H,3-6H2,1-2H3. The van der Waals surface area contributed by atoms with Gasteiger partial charge < -0.3 is 5.32 Å². The molecule has 0 aromatic rings. The fourth-order valence-corrected chi connectivity index (χ4v) is 0.865. The van der Waals surface area contributed by atoms with Gasteiger partial charge in [0.1, 0.15) is 0 Å². The number of hydrogen-bond donors (Lipinski definition) is 1. The molecule has 0 atom stereocenters. The molecule has 0 radical (unpaired) electrons. The maximum atomic E-state index is 11.6. The molecule has 0 heterocycles. The van der Waals surface area contributed by atoms with Crippen LogP contribution in [0.15, 0.2) is 0 Å². The van der Waals surface area contributed by atoms with E-state index in [-0.39, 0.29) is 0 Å². The molecular formula is C8H16F3N. The second-order valence-electron chi connectivity index (χ2n) is 3.33. The monoisotopic (exact) mass is 183 g/mol. The number of rotatable bonds is 5. The first-order valence-corrected chi connectivity index (χ1v) is 4.19. The number of hydrogen-bond acceptors (Lipinski definition) is 1. The van der Waals surface area contributed by atoms with Gasteiger partial charge in [0.25, 0.3) is 0 Å². The van der Waals surface area contributed by atoms with E-state index in [4.69, 9.17) is 0 Å². The second-order valence-corrected chi connectivity index (χ2v) is 3.33. The molecule has 0 unspecified atom stereocenters. The number of alkyl halides is 3.